The van der Waals surface area contributed by atoms with E-state index in [1.54, 1.807) is 35.0 Å². The van der Waals surface area contributed by atoms with Gasteiger partial charge in [-0.25, -0.2) is 0 Å². The molecule has 0 saturated carbocycles. The van der Waals surface area contributed by atoms with Crippen LogP contribution in [0.1, 0.15) is 29.9 Å². The van der Waals surface area contributed by atoms with Crippen molar-refractivity contribution >= 4 is 27.5 Å². The van der Waals surface area contributed by atoms with Crippen LogP contribution in [0.4, 0.5) is 5.69 Å². The molecule has 1 amide bonds. The smallest absolute Gasteiger partial charge is 0.277 e. The average Bonchev–Trinajstić information content (AvgIpc) is 3.23. The molecule has 0 unspecified atom stereocenters. The Morgan fingerprint density at radius 2 is 1.93 bits per heavy atom. The molecule has 1 aromatic carbocycles. The Bertz CT molecular complexity index is 966. The molecule has 0 aliphatic heterocycles. The Hall–Kier alpha value is -2.81. The third kappa shape index (κ3) is 4.72. The zero-order valence-corrected chi connectivity index (χ0v) is 17.6. The molecule has 0 bridgehead atoms. The average molecular weight is 448 g/mol. The summed E-state index contributed by atoms with van der Waals surface area (Å²) < 4.78 is 15.2. The van der Waals surface area contributed by atoms with Crippen LogP contribution in [0.2, 0.25) is 0 Å². The lowest BCUT2D eigenvalue weighted by molar-refractivity contribution is 0.102. The first kappa shape index (κ1) is 19.9. The summed E-state index contributed by atoms with van der Waals surface area (Å²) in [5, 5.41) is 11.3. The maximum atomic E-state index is 12.3. The fourth-order valence-electron chi connectivity index (χ4n) is 2.70. The number of carbonyl (C=O) groups is 1. The molecule has 0 aliphatic rings. The Kier molecular flexibility index (Phi) is 6.35. The van der Waals surface area contributed by atoms with Crippen LogP contribution < -0.4 is 14.8 Å². The number of aromatic nitrogens is 4. The van der Waals surface area contributed by atoms with Gasteiger partial charge in [-0.05, 0) is 47.5 Å². The molecular formula is C19H22BrN5O3. The van der Waals surface area contributed by atoms with Crippen molar-refractivity contribution in [1.82, 2.24) is 19.6 Å². The summed E-state index contributed by atoms with van der Waals surface area (Å²) in [6.07, 6.45) is 5.10. The van der Waals surface area contributed by atoms with E-state index in [0.717, 1.165) is 11.3 Å². The lowest BCUT2D eigenvalue weighted by Gasteiger charge is -2.12. The van der Waals surface area contributed by atoms with Gasteiger partial charge in [0.25, 0.3) is 5.91 Å². The molecule has 3 rings (SSSR count). The largest absolute Gasteiger partial charge is 0.490 e. The van der Waals surface area contributed by atoms with Crippen LogP contribution in [0.5, 0.6) is 11.5 Å². The van der Waals surface area contributed by atoms with Gasteiger partial charge >= 0.3 is 0 Å². The van der Waals surface area contributed by atoms with Crippen molar-refractivity contribution in [3.8, 4) is 11.5 Å². The van der Waals surface area contributed by atoms with Crippen molar-refractivity contribution in [3.05, 3.63) is 52.5 Å². The molecule has 2 aromatic heterocycles. The SMILES string of the molecule is CCOc1ccc(Cn2cc(NC(=O)c3nn(C)cc3Br)cn2)cc1OCC. The highest BCUT2D eigenvalue weighted by molar-refractivity contribution is 9.10. The highest BCUT2D eigenvalue weighted by Crippen LogP contribution is 2.29. The molecule has 9 heteroatoms. The van der Waals surface area contributed by atoms with E-state index >= 15 is 0 Å². The Balaban J connectivity index is 1.69. The fraction of sp³-hybridized carbons (Fsp3) is 0.316. The Morgan fingerprint density at radius 1 is 1.18 bits per heavy atom. The van der Waals surface area contributed by atoms with Gasteiger partial charge in [0.05, 0.1) is 36.1 Å². The number of hydrogen-bond acceptors (Lipinski definition) is 5. The van der Waals surface area contributed by atoms with E-state index in [2.05, 4.69) is 31.4 Å². The molecule has 148 valence electrons. The highest BCUT2D eigenvalue weighted by Gasteiger charge is 2.15. The van der Waals surface area contributed by atoms with Crippen LogP contribution in [0.25, 0.3) is 0 Å². The maximum Gasteiger partial charge on any atom is 0.277 e. The molecule has 28 heavy (non-hydrogen) atoms. The number of ether oxygens (including phenoxy) is 2. The van der Waals surface area contributed by atoms with Crippen LogP contribution >= 0.6 is 15.9 Å². The number of nitrogens with one attached hydrogen (secondary N) is 1. The van der Waals surface area contributed by atoms with Crippen LogP contribution in [-0.2, 0) is 13.6 Å². The number of amides is 1. The summed E-state index contributed by atoms with van der Waals surface area (Å²) >= 11 is 3.33. The molecule has 3 aromatic rings. The second-order valence-corrected chi connectivity index (χ2v) is 6.88. The first-order chi connectivity index (χ1) is 13.5. The van der Waals surface area contributed by atoms with Crippen molar-refractivity contribution in [2.75, 3.05) is 18.5 Å². The second kappa shape index (κ2) is 8.92. The summed E-state index contributed by atoms with van der Waals surface area (Å²) in [6.45, 7) is 5.55. The number of rotatable bonds is 8. The van der Waals surface area contributed by atoms with Crippen LogP contribution in [0.3, 0.4) is 0 Å². The molecule has 2 heterocycles. The van der Waals surface area contributed by atoms with Gasteiger partial charge in [0.1, 0.15) is 0 Å². The first-order valence-corrected chi connectivity index (χ1v) is 9.71. The van der Waals surface area contributed by atoms with Crippen LogP contribution in [0.15, 0.2) is 41.3 Å². The topological polar surface area (TPSA) is 83.2 Å². The van der Waals surface area contributed by atoms with Gasteiger partial charge in [0, 0.05) is 19.4 Å². The summed E-state index contributed by atoms with van der Waals surface area (Å²) in [7, 11) is 1.76. The number of anilines is 1. The van der Waals surface area contributed by atoms with E-state index in [9.17, 15) is 4.79 Å². The number of aryl methyl sites for hydroxylation is 1. The van der Waals surface area contributed by atoms with Crippen molar-refractivity contribution < 1.29 is 14.3 Å². The number of nitrogens with zero attached hydrogens (tertiary/aromatic N) is 4. The van der Waals surface area contributed by atoms with E-state index in [-0.39, 0.29) is 5.91 Å². The zero-order chi connectivity index (χ0) is 20.1. The van der Waals surface area contributed by atoms with Crippen molar-refractivity contribution in [3.63, 3.8) is 0 Å². The standard InChI is InChI=1S/C19H22BrN5O3/c1-4-27-16-7-6-13(8-17(16)28-5-2)10-25-11-14(9-21-25)22-19(26)18-15(20)12-24(3)23-18/h6-9,11-12H,4-5,10H2,1-3H3,(H,22,26). The predicted molar refractivity (Wildman–Crippen MR) is 109 cm³/mol. The van der Waals surface area contributed by atoms with E-state index in [4.69, 9.17) is 9.47 Å². The molecular weight excluding hydrogens is 426 g/mol. The van der Waals surface area contributed by atoms with Crippen LogP contribution in [-0.4, -0.2) is 38.7 Å². The van der Waals surface area contributed by atoms with E-state index in [0.29, 0.717) is 41.4 Å². The van der Waals surface area contributed by atoms with Crippen molar-refractivity contribution in [2.24, 2.45) is 7.05 Å². The second-order valence-electron chi connectivity index (χ2n) is 6.03. The molecule has 0 radical (unpaired) electrons. The number of benzene rings is 1. The van der Waals surface area contributed by atoms with Gasteiger partial charge < -0.3 is 14.8 Å². The summed E-state index contributed by atoms with van der Waals surface area (Å²) in [5.41, 5.74) is 1.93. The maximum absolute atomic E-state index is 12.3. The Labute approximate surface area is 171 Å². The van der Waals surface area contributed by atoms with E-state index in [1.807, 2.05) is 32.0 Å². The lowest BCUT2D eigenvalue weighted by atomic mass is 10.2. The molecule has 0 aliphatic carbocycles. The molecule has 0 spiro atoms. The van der Waals surface area contributed by atoms with E-state index in [1.165, 1.54) is 0 Å². The summed E-state index contributed by atoms with van der Waals surface area (Å²) in [5.74, 6) is 1.14. The number of halogens is 1. The number of carbonyl (C=O) groups excluding carboxylic acids is 1. The molecule has 0 atom stereocenters. The summed E-state index contributed by atoms with van der Waals surface area (Å²) in [6, 6.07) is 5.81. The normalized spacial score (nSPS) is 10.7. The van der Waals surface area contributed by atoms with Gasteiger partial charge in [-0.1, -0.05) is 6.07 Å². The van der Waals surface area contributed by atoms with Gasteiger partial charge in [-0.15, -0.1) is 0 Å². The predicted octanol–water partition coefficient (Wildman–Crippen LogP) is 3.48. The minimum Gasteiger partial charge on any atom is -0.490 e. The first-order valence-electron chi connectivity index (χ1n) is 8.91. The molecule has 1 N–H and O–H groups in total. The molecule has 0 saturated heterocycles. The minimum atomic E-state index is -0.299. The third-order valence-electron chi connectivity index (χ3n) is 3.84. The molecule has 8 nitrogen and oxygen atoms in total. The molecule has 0 fully saturated rings. The van der Waals surface area contributed by atoms with Crippen molar-refractivity contribution in [2.45, 2.75) is 20.4 Å². The van der Waals surface area contributed by atoms with Gasteiger partial charge in [-0.3, -0.25) is 14.2 Å². The van der Waals surface area contributed by atoms with Gasteiger partial charge in [0.15, 0.2) is 17.2 Å². The lowest BCUT2D eigenvalue weighted by Crippen LogP contribution is -2.13. The fourth-order valence-corrected chi connectivity index (χ4v) is 3.25. The minimum absolute atomic E-state index is 0.299. The Morgan fingerprint density at radius 3 is 2.61 bits per heavy atom. The third-order valence-corrected chi connectivity index (χ3v) is 4.42. The van der Waals surface area contributed by atoms with Gasteiger partial charge in [0.2, 0.25) is 0 Å². The van der Waals surface area contributed by atoms with Gasteiger partial charge in [-0.2, -0.15) is 10.2 Å². The van der Waals surface area contributed by atoms with Crippen LogP contribution in [0, 0.1) is 0 Å². The zero-order valence-electron chi connectivity index (χ0n) is 16.0. The quantitative estimate of drug-likeness (QED) is 0.571. The highest BCUT2D eigenvalue weighted by atomic mass is 79.9. The monoisotopic (exact) mass is 447 g/mol. The van der Waals surface area contributed by atoms with E-state index < -0.39 is 0 Å². The summed E-state index contributed by atoms with van der Waals surface area (Å²) in [4.78, 5) is 12.3. The van der Waals surface area contributed by atoms with Crippen molar-refractivity contribution in [1.29, 1.82) is 0 Å². The number of hydrogen-bond donors (Lipinski definition) is 1.